The van der Waals surface area contributed by atoms with Gasteiger partial charge in [0, 0.05) is 5.69 Å². The van der Waals surface area contributed by atoms with Gasteiger partial charge in [-0.15, -0.1) is 0 Å². The average Bonchev–Trinajstić information content (AvgIpc) is 2.64. The summed E-state index contributed by atoms with van der Waals surface area (Å²) in [7, 11) is 0. The Hall–Kier alpha value is -2.40. The standard InChI is InChI=1S/C20H24FN3O/c1-3-23(4-2)12-13-24-19(15-8-7-9-16(21)14-15)22-18-11-6-5-10-17(18)20(24)25/h5-11,14,19,22H,3-4,12-13H2,1-2H3/p+1/t19-/m1/s1. The Kier molecular flexibility index (Phi) is 5.34. The molecule has 2 N–H and O–H groups in total. The summed E-state index contributed by atoms with van der Waals surface area (Å²) in [5.74, 6) is -0.296. The zero-order chi connectivity index (χ0) is 17.8. The maximum absolute atomic E-state index is 13.7. The van der Waals surface area contributed by atoms with Crippen LogP contribution >= 0.6 is 0 Å². The highest BCUT2D eigenvalue weighted by Crippen LogP contribution is 2.32. The summed E-state index contributed by atoms with van der Waals surface area (Å²) in [5.41, 5.74) is 2.23. The fourth-order valence-corrected chi connectivity index (χ4v) is 3.35. The van der Waals surface area contributed by atoms with Gasteiger partial charge in [-0.3, -0.25) is 4.79 Å². The van der Waals surface area contributed by atoms with Crippen LogP contribution in [-0.2, 0) is 0 Å². The predicted octanol–water partition coefficient (Wildman–Crippen LogP) is 2.32. The summed E-state index contributed by atoms with van der Waals surface area (Å²) in [4.78, 5) is 16.3. The van der Waals surface area contributed by atoms with Crippen molar-refractivity contribution in [3.8, 4) is 0 Å². The number of para-hydroxylation sites is 1. The van der Waals surface area contributed by atoms with Gasteiger partial charge in [0.05, 0.1) is 31.7 Å². The predicted molar refractivity (Wildman–Crippen MR) is 97.2 cm³/mol. The summed E-state index contributed by atoms with van der Waals surface area (Å²) in [6, 6.07) is 14.0. The Morgan fingerprint density at radius 1 is 1.12 bits per heavy atom. The van der Waals surface area contributed by atoms with Gasteiger partial charge in [0.1, 0.15) is 12.0 Å². The van der Waals surface area contributed by atoms with Crippen LogP contribution in [-0.4, -0.2) is 37.0 Å². The molecule has 2 aromatic carbocycles. The van der Waals surface area contributed by atoms with E-state index >= 15 is 0 Å². The number of fused-ring (bicyclic) bond motifs is 1. The summed E-state index contributed by atoms with van der Waals surface area (Å²) in [5, 5.41) is 3.41. The number of anilines is 1. The van der Waals surface area contributed by atoms with Crippen LogP contribution in [0.25, 0.3) is 0 Å². The van der Waals surface area contributed by atoms with Crippen LogP contribution in [0.5, 0.6) is 0 Å². The zero-order valence-electron chi connectivity index (χ0n) is 14.8. The molecule has 0 spiro atoms. The molecule has 2 aromatic rings. The van der Waals surface area contributed by atoms with Crippen molar-refractivity contribution in [2.45, 2.75) is 20.0 Å². The number of halogens is 1. The SMILES string of the molecule is CC[NH+](CC)CCN1C(=O)c2ccccc2N[C@H]1c1cccc(F)c1. The van der Waals surface area contributed by atoms with Gasteiger partial charge in [0.15, 0.2) is 0 Å². The molecule has 1 amide bonds. The maximum atomic E-state index is 13.7. The van der Waals surface area contributed by atoms with E-state index in [0.29, 0.717) is 12.1 Å². The number of rotatable bonds is 6. The highest BCUT2D eigenvalue weighted by atomic mass is 19.1. The van der Waals surface area contributed by atoms with Gasteiger partial charge in [-0.1, -0.05) is 24.3 Å². The van der Waals surface area contributed by atoms with Gasteiger partial charge in [0.25, 0.3) is 5.91 Å². The number of carbonyl (C=O) groups is 1. The van der Waals surface area contributed by atoms with E-state index in [2.05, 4.69) is 19.2 Å². The van der Waals surface area contributed by atoms with E-state index in [0.717, 1.165) is 30.9 Å². The van der Waals surface area contributed by atoms with Crippen molar-refractivity contribution in [2.24, 2.45) is 0 Å². The number of nitrogens with one attached hydrogen (secondary N) is 2. The van der Waals surface area contributed by atoms with Crippen molar-refractivity contribution in [2.75, 3.05) is 31.5 Å². The summed E-state index contributed by atoms with van der Waals surface area (Å²) in [6.45, 7) is 7.83. The number of likely N-dealkylation sites (N-methyl/N-ethyl adjacent to an activating group) is 1. The van der Waals surface area contributed by atoms with Crippen molar-refractivity contribution < 1.29 is 14.1 Å². The Morgan fingerprint density at radius 2 is 1.88 bits per heavy atom. The lowest BCUT2D eigenvalue weighted by atomic mass is 10.0. The normalized spacial score (nSPS) is 16.7. The van der Waals surface area contributed by atoms with Crippen LogP contribution in [0.4, 0.5) is 10.1 Å². The maximum Gasteiger partial charge on any atom is 0.258 e. The molecule has 0 radical (unpaired) electrons. The van der Waals surface area contributed by atoms with Gasteiger partial charge in [-0.25, -0.2) is 4.39 Å². The van der Waals surface area contributed by atoms with Gasteiger partial charge >= 0.3 is 0 Å². The first kappa shape index (κ1) is 17.4. The number of nitrogens with zero attached hydrogens (tertiary/aromatic N) is 1. The van der Waals surface area contributed by atoms with Crippen LogP contribution in [0.1, 0.15) is 35.9 Å². The molecule has 3 rings (SSSR count). The van der Waals surface area contributed by atoms with Crippen molar-refractivity contribution in [3.63, 3.8) is 0 Å². The number of amides is 1. The van der Waals surface area contributed by atoms with Gasteiger partial charge in [0.2, 0.25) is 0 Å². The molecular formula is C20H25FN3O+. The molecule has 1 aliphatic heterocycles. The number of carbonyl (C=O) groups excluding carboxylic acids is 1. The zero-order valence-corrected chi connectivity index (χ0v) is 14.8. The molecule has 4 nitrogen and oxygen atoms in total. The number of hydrogen-bond acceptors (Lipinski definition) is 2. The Morgan fingerprint density at radius 3 is 2.60 bits per heavy atom. The third kappa shape index (κ3) is 3.66. The molecule has 1 heterocycles. The second kappa shape index (κ2) is 7.66. The van der Waals surface area contributed by atoms with Crippen molar-refractivity contribution in [1.82, 2.24) is 4.90 Å². The smallest absolute Gasteiger partial charge is 0.258 e. The van der Waals surface area contributed by atoms with Crippen molar-refractivity contribution in [3.05, 3.63) is 65.5 Å². The molecule has 0 saturated carbocycles. The van der Waals surface area contributed by atoms with Crippen molar-refractivity contribution in [1.29, 1.82) is 0 Å². The summed E-state index contributed by atoms with van der Waals surface area (Å²) < 4.78 is 13.7. The average molecular weight is 342 g/mol. The summed E-state index contributed by atoms with van der Waals surface area (Å²) in [6.07, 6.45) is -0.354. The molecule has 0 fully saturated rings. The number of hydrogen-bond donors (Lipinski definition) is 2. The second-order valence-electron chi connectivity index (χ2n) is 6.35. The van der Waals surface area contributed by atoms with E-state index in [4.69, 9.17) is 0 Å². The Labute approximate surface area is 148 Å². The van der Waals surface area contributed by atoms with Gasteiger partial charge in [-0.05, 0) is 43.7 Å². The van der Waals surface area contributed by atoms with Gasteiger partial charge in [-0.2, -0.15) is 0 Å². The first-order valence-corrected chi connectivity index (χ1v) is 8.89. The number of benzene rings is 2. The largest absolute Gasteiger partial charge is 0.361 e. The minimum atomic E-state index is -0.354. The molecule has 0 unspecified atom stereocenters. The van der Waals surface area contributed by atoms with E-state index < -0.39 is 0 Å². The minimum absolute atomic E-state index is 0.00447. The van der Waals surface area contributed by atoms with Crippen LogP contribution in [0.15, 0.2) is 48.5 Å². The molecule has 25 heavy (non-hydrogen) atoms. The lowest BCUT2D eigenvalue weighted by Gasteiger charge is -2.38. The van der Waals surface area contributed by atoms with E-state index in [1.165, 1.54) is 17.0 Å². The first-order chi connectivity index (χ1) is 12.1. The van der Waals surface area contributed by atoms with Crippen LogP contribution in [0.3, 0.4) is 0 Å². The number of quaternary nitrogens is 1. The molecule has 132 valence electrons. The van der Waals surface area contributed by atoms with Gasteiger partial charge < -0.3 is 15.1 Å². The first-order valence-electron chi connectivity index (χ1n) is 8.89. The second-order valence-corrected chi connectivity index (χ2v) is 6.35. The third-order valence-corrected chi connectivity index (χ3v) is 4.89. The molecule has 0 aliphatic carbocycles. The minimum Gasteiger partial charge on any atom is -0.361 e. The molecule has 0 saturated heterocycles. The summed E-state index contributed by atoms with van der Waals surface area (Å²) >= 11 is 0. The molecular weight excluding hydrogens is 317 g/mol. The fourth-order valence-electron chi connectivity index (χ4n) is 3.35. The quantitative estimate of drug-likeness (QED) is 0.845. The lowest BCUT2D eigenvalue weighted by molar-refractivity contribution is -0.895. The molecule has 5 heteroatoms. The van der Waals surface area contributed by atoms with Crippen LogP contribution in [0, 0.1) is 5.82 Å². The monoisotopic (exact) mass is 342 g/mol. The van der Waals surface area contributed by atoms with Crippen LogP contribution in [0.2, 0.25) is 0 Å². The Balaban J connectivity index is 1.93. The third-order valence-electron chi connectivity index (χ3n) is 4.89. The van der Waals surface area contributed by atoms with E-state index in [1.54, 1.807) is 6.07 Å². The van der Waals surface area contributed by atoms with Crippen molar-refractivity contribution >= 4 is 11.6 Å². The van der Waals surface area contributed by atoms with Crippen LogP contribution < -0.4 is 10.2 Å². The Bertz CT molecular complexity index is 745. The lowest BCUT2D eigenvalue weighted by Crippen LogP contribution is -3.12. The highest BCUT2D eigenvalue weighted by Gasteiger charge is 2.33. The molecule has 0 bridgehead atoms. The van der Waals surface area contributed by atoms with E-state index in [1.807, 2.05) is 35.2 Å². The fraction of sp³-hybridized carbons (Fsp3) is 0.350. The van der Waals surface area contributed by atoms with E-state index in [-0.39, 0.29) is 17.9 Å². The molecule has 0 aromatic heterocycles. The topological polar surface area (TPSA) is 36.8 Å². The van der Waals surface area contributed by atoms with E-state index in [9.17, 15) is 9.18 Å². The molecule has 1 aliphatic rings. The highest BCUT2D eigenvalue weighted by molar-refractivity contribution is 6.01. The molecule has 1 atom stereocenters.